The Morgan fingerprint density at radius 3 is 2.70 bits per heavy atom. The molecule has 2 rings (SSSR count). The average molecular weight is 299 g/mol. The van der Waals surface area contributed by atoms with Crippen LogP contribution in [0, 0.1) is 5.82 Å². The van der Waals surface area contributed by atoms with Crippen molar-refractivity contribution in [1.82, 2.24) is 9.55 Å². The highest BCUT2D eigenvalue weighted by Crippen LogP contribution is 2.11. The molecule has 0 spiro atoms. The van der Waals surface area contributed by atoms with Gasteiger partial charge < -0.3 is 5.11 Å². The largest absolute Gasteiger partial charge is 0.478 e. The summed E-state index contributed by atoms with van der Waals surface area (Å²) < 4.78 is 14.6. The van der Waals surface area contributed by atoms with Gasteiger partial charge in [-0.1, -0.05) is 17.7 Å². The lowest BCUT2D eigenvalue weighted by molar-refractivity contribution is 0.0692. The molecule has 0 saturated heterocycles. The number of hydrogen-bond acceptors (Lipinski definition) is 3. The first-order valence-electron chi connectivity index (χ1n) is 5.39. The molecule has 0 aliphatic heterocycles. The number of nitrogens with zero attached hydrogens (tertiary/aromatic N) is 1. The van der Waals surface area contributed by atoms with Crippen molar-refractivity contribution >= 4 is 17.6 Å². The zero-order valence-electron chi connectivity index (χ0n) is 9.89. The zero-order chi connectivity index (χ0) is 14.9. The number of carboxylic acids is 1. The number of nitrogens with one attached hydrogen (secondary N) is 1. The van der Waals surface area contributed by atoms with Crippen molar-refractivity contribution in [2.24, 2.45) is 0 Å². The van der Waals surface area contributed by atoms with E-state index in [2.05, 4.69) is 0 Å². The van der Waals surface area contributed by atoms with Gasteiger partial charge >= 0.3 is 11.7 Å². The molecule has 104 valence electrons. The Balaban J connectivity index is 2.38. The Hall–Kier alpha value is -2.41. The van der Waals surface area contributed by atoms with Crippen LogP contribution in [0.5, 0.6) is 0 Å². The van der Waals surface area contributed by atoms with Gasteiger partial charge in [0.1, 0.15) is 10.8 Å². The van der Waals surface area contributed by atoms with E-state index in [0.717, 1.165) is 22.9 Å². The Morgan fingerprint density at radius 1 is 1.40 bits per heavy atom. The minimum atomic E-state index is -1.38. The van der Waals surface area contributed by atoms with Gasteiger partial charge in [-0.3, -0.25) is 14.3 Å². The second-order valence-electron chi connectivity index (χ2n) is 3.98. The SMILES string of the molecule is O=C(O)c1ccc(Cn2cc(Cl)c(=O)[nH]c2=O)cc1F. The number of carboxylic acid groups (broad SMARTS) is 1. The summed E-state index contributed by atoms with van der Waals surface area (Å²) in [5.74, 6) is -2.28. The highest BCUT2D eigenvalue weighted by molar-refractivity contribution is 6.30. The Morgan fingerprint density at radius 2 is 2.10 bits per heavy atom. The van der Waals surface area contributed by atoms with Gasteiger partial charge in [-0.2, -0.15) is 0 Å². The number of aromatic nitrogens is 2. The predicted octanol–water partition coefficient (Wildman–Crippen LogP) is 1.08. The minimum absolute atomic E-state index is 0.0495. The fraction of sp³-hybridized carbons (Fsp3) is 0.0833. The van der Waals surface area contributed by atoms with E-state index < -0.39 is 28.6 Å². The molecular weight excluding hydrogens is 291 g/mol. The average Bonchev–Trinajstić information content (AvgIpc) is 2.35. The van der Waals surface area contributed by atoms with E-state index in [9.17, 15) is 18.8 Å². The molecule has 0 unspecified atom stereocenters. The zero-order valence-corrected chi connectivity index (χ0v) is 10.6. The number of carbonyl (C=O) groups is 1. The molecule has 6 nitrogen and oxygen atoms in total. The first-order chi connectivity index (χ1) is 9.38. The van der Waals surface area contributed by atoms with E-state index in [1.165, 1.54) is 6.07 Å². The van der Waals surface area contributed by atoms with E-state index in [-0.39, 0.29) is 11.6 Å². The van der Waals surface area contributed by atoms with Gasteiger partial charge in [-0.05, 0) is 17.7 Å². The van der Waals surface area contributed by atoms with Crippen molar-refractivity contribution in [1.29, 1.82) is 0 Å². The third-order valence-corrected chi connectivity index (χ3v) is 2.85. The molecule has 1 heterocycles. The van der Waals surface area contributed by atoms with E-state index in [4.69, 9.17) is 16.7 Å². The van der Waals surface area contributed by atoms with Crippen molar-refractivity contribution in [2.75, 3.05) is 0 Å². The number of halogens is 2. The fourth-order valence-electron chi connectivity index (χ4n) is 1.63. The van der Waals surface area contributed by atoms with Gasteiger partial charge in [-0.25, -0.2) is 14.0 Å². The molecule has 1 aromatic heterocycles. The normalized spacial score (nSPS) is 10.5. The third-order valence-electron chi connectivity index (χ3n) is 2.58. The van der Waals surface area contributed by atoms with E-state index >= 15 is 0 Å². The summed E-state index contributed by atoms with van der Waals surface area (Å²) in [4.78, 5) is 35.3. The Kier molecular flexibility index (Phi) is 3.71. The van der Waals surface area contributed by atoms with Crippen LogP contribution in [0.25, 0.3) is 0 Å². The number of hydrogen-bond donors (Lipinski definition) is 2. The fourth-order valence-corrected chi connectivity index (χ4v) is 1.79. The second kappa shape index (κ2) is 5.30. The van der Waals surface area contributed by atoms with E-state index in [0.29, 0.717) is 5.56 Å². The first kappa shape index (κ1) is 14.0. The van der Waals surface area contributed by atoms with Gasteiger partial charge in [0.25, 0.3) is 5.56 Å². The van der Waals surface area contributed by atoms with Crippen molar-refractivity contribution < 1.29 is 14.3 Å². The molecule has 0 saturated carbocycles. The molecular formula is C12H8ClFN2O4. The lowest BCUT2D eigenvalue weighted by Gasteiger charge is -2.06. The van der Waals surface area contributed by atoms with E-state index in [1.807, 2.05) is 4.98 Å². The van der Waals surface area contributed by atoms with Gasteiger partial charge in [0.15, 0.2) is 0 Å². The van der Waals surface area contributed by atoms with Crippen LogP contribution in [0.4, 0.5) is 4.39 Å². The maximum atomic E-state index is 13.5. The van der Waals surface area contributed by atoms with Crippen LogP contribution in [-0.4, -0.2) is 20.6 Å². The van der Waals surface area contributed by atoms with Crippen LogP contribution in [0.2, 0.25) is 5.02 Å². The predicted molar refractivity (Wildman–Crippen MR) is 68.8 cm³/mol. The number of H-pyrrole nitrogens is 1. The van der Waals surface area contributed by atoms with Gasteiger partial charge in [0.05, 0.1) is 12.1 Å². The number of rotatable bonds is 3. The van der Waals surface area contributed by atoms with Gasteiger partial charge in [-0.15, -0.1) is 0 Å². The molecule has 2 N–H and O–H groups in total. The molecule has 0 aliphatic carbocycles. The summed E-state index contributed by atoms with van der Waals surface area (Å²) in [6.45, 7) is -0.0495. The molecule has 0 radical (unpaired) electrons. The molecule has 2 aromatic rings. The summed E-state index contributed by atoms with van der Waals surface area (Å²) in [6.07, 6.45) is 1.13. The minimum Gasteiger partial charge on any atom is -0.478 e. The van der Waals surface area contributed by atoms with Crippen molar-refractivity contribution in [3.05, 3.63) is 67.2 Å². The molecule has 0 fully saturated rings. The summed E-state index contributed by atoms with van der Waals surface area (Å²) in [5, 5.41) is 8.53. The summed E-state index contributed by atoms with van der Waals surface area (Å²) in [7, 11) is 0. The highest BCUT2D eigenvalue weighted by atomic mass is 35.5. The third kappa shape index (κ3) is 2.77. The maximum absolute atomic E-state index is 13.5. The van der Waals surface area contributed by atoms with Crippen LogP contribution in [0.15, 0.2) is 34.0 Å². The number of benzene rings is 1. The molecule has 20 heavy (non-hydrogen) atoms. The molecule has 0 aliphatic rings. The van der Waals surface area contributed by atoms with Crippen molar-refractivity contribution in [2.45, 2.75) is 6.54 Å². The Bertz CT molecular complexity index is 797. The quantitative estimate of drug-likeness (QED) is 0.886. The monoisotopic (exact) mass is 298 g/mol. The van der Waals surface area contributed by atoms with Gasteiger partial charge in [0.2, 0.25) is 0 Å². The van der Waals surface area contributed by atoms with Crippen LogP contribution < -0.4 is 11.2 Å². The van der Waals surface area contributed by atoms with Crippen LogP contribution in [0.1, 0.15) is 15.9 Å². The maximum Gasteiger partial charge on any atom is 0.338 e. The highest BCUT2D eigenvalue weighted by Gasteiger charge is 2.11. The number of aromatic carboxylic acids is 1. The smallest absolute Gasteiger partial charge is 0.338 e. The molecule has 8 heteroatoms. The number of aromatic amines is 1. The topological polar surface area (TPSA) is 92.2 Å². The Labute approximate surface area is 116 Å². The lowest BCUT2D eigenvalue weighted by atomic mass is 10.1. The molecule has 0 bridgehead atoms. The standard InChI is InChI=1S/C12H8ClFN2O4/c13-8-5-16(12(20)15-10(8)17)4-6-1-2-7(11(18)19)9(14)3-6/h1-3,5H,4H2,(H,18,19)(H,15,17,20). The molecule has 0 amide bonds. The van der Waals surface area contributed by atoms with Crippen LogP contribution >= 0.6 is 11.6 Å². The van der Waals surface area contributed by atoms with Crippen molar-refractivity contribution in [3.8, 4) is 0 Å². The second-order valence-corrected chi connectivity index (χ2v) is 4.39. The lowest BCUT2D eigenvalue weighted by Crippen LogP contribution is -2.30. The van der Waals surface area contributed by atoms with Crippen molar-refractivity contribution in [3.63, 3.8) is 0 Å². The van der Waals surface area contributed by atoms with Gasteiger partial charge in [0, 0.05) is 6.20 Å². The summed E-state index contributed by atoms with van der Waals surface area (Å²) in [6, 6.07) is 3.48. The van der Waals surface area contributed by atoms with Crippen LogP contribution in [-0.2, 0) is 6.54 Å². The first-order valence-corrected chi connectivity index (χ1v) is 5.77. The van der Waals surface area contributed by atoms with Crippen LogP contribution in [0.3, 0.4) is 0 Å². The summed E-state index contributed by atoms with van der Waals surface area (Å²) >= 11 is 5.59. The summed E-state index contributed by atoms with van der Waals surface area (Å²) in [5.41, 5.74) is -1.50. The van der Waals surface area contributed by atoms with E-state index in [1.54, 1.807) is 0 Å². The molecule has 0 atom stereocenters. The molecule has 1 aromatic carbocycles.